The molecule has 0 aromatic heterocycles. The summed E-state index contributed by atoms with van der Waals surface area (Å²) in [5.41, 5.74) is 2.47. The summed E-state index contributed by atoms with van der Waals surface area (Å²) >= 11 is 0. The van der Waals surface area contributed by atoms with Crippen LogP contribution in [0.5, 0.6) is 0 Å². The van der Waals surface area contributed by atoms with Gasteiger partial charge in [0, 0.05) is 13.0 Å². The molecule has 1 heterocycles. The predicted molar refractivity (Wildman–Crippen MR) is 71.6 cm³/mol. The summed E-state index contributed by atoms with van der Waals surface area (Å²) in [5.74, 6) is 0.773. The molecule has 1 N–H and O–H groups in total. The highest BCUT2D eigenvalue weighted by molar-refractivity contribution is 5.27. The lowest BCUT2D eigenvalue weighted by Crippen LogP contribution is -2.12. The van der Waals surface area contributed by atoms with Gasteiger partial charge in [0.15, 0.2) is 0 Å². The summed E-state index contributed by atoms with van der Waals surface area (Å²) in [5, 5.41) is 10.2. The van der Waals surface area contributed by atoms with Crippen LogP contribution in [0.2, 0.25) is 0 Å². The molecule has 3 rings (SSSR count). The number of aliphatic hydroxyl groups excluding tert-OH is 1. The number of ether oxygens (including phenoxy) is 1. The van der Waals surface area contributed by atoms with E-state index in [0.29, 0.717) is 0 Å². The summed E-state index contributed by atoms with van der Waals surface area (Å²) in [6, 6.07) is 8.57. The zero-order valence-corrected chi connectivity index (χ0v) is 10.8. The second kappa shape index (κ2) is 5.41. The van der Waals surface area contributed by atoms with Crippen molar-refractivity contribution in [1.29, 1.82) is 0 Å². The van der Waals surface area contributed by atoms with Crippen molar-refractivity contribution in [2.75, 3.05) is 6.61 Å². The standard InChI is InChI=1S/C16H22O2/c17-16(11-15-5-2-10-18-15)14-8-6-13(7-9-14)12-3-1-4-12/h6-9,12,15-17H,1-5,10-11H2. The Kier molecular flexibility index (Phi) is 3.67. The molecule has 2 fully saturated rings. The van der Waals surface area contributed by atoms with Crippen molar-refractivity contribution < 1.29 is 9.84 Å². The van der Waals surface area contributed by atoms with Crippen molar-refractivity contribution in [2.24, 2.45) is 0 Å². The molecule has 0 amide bonds. The Balaban J connectivity index is 1.60. The molecule has 18 heavy (non-hydrogen) atoms. The third-order valence-electron chi connectivity index (χ3n) is 4.41. The third-order valence-corrected chi connectivity index (χ3v) is 4.41. The Bertz CT molecular complexity index is 375. The van der Waals surface area contributed by atoms with Gasteiger partial charge >= 0.3 is 0 Å². The van der Waals surface area contributed by atoms with Crippen molar-refractivity contribution >= 4 is 0 Å². The first-order valence-electron chi connectivity index (χ1n) is 7.22. The van der Waals surface area contributed by atoms with Gasteiger partial charge in [-0.2, -0.15) is 0 Å². The van der Waals surface area contributed by atoms with E-state index in [1.165, 1.54) is 24.8 Å². The molecule has 1 saturated carbocycles. The van der Waals surface area contributed by atoms with Crippen molar-refractivity contribution in [3.05, 3.63) is 35.4 Å². The fourth-order valence-electron chi connectivity index (χ4n) is 2.95. The van der Waals surface area contributed by atoms with Crippen LogP contribution in [0.15, 0.2) is 24.3 Å². The average Bonchev–Trinajstić information content (AvgIpc) is 2.80. The van der Waals surface area contributed by atoms with Crippen LogP contribution >= 0.6 is 0 Å². The topological polar surface area (TPSA) is 29.5 Å². The Labute approximate surface area is 109 Å². The largest absolute Gasteiger partial charge is 0.388 e. The molecular weight excluding hydrogens is 224 g/mol. The number of hydrogen-bond acceptors (Lipinski definition) is 2. The minimum absolute atomic E-state index is 0.256. The molecule has 0 radical (unpaired) electrons. The Morgan fingerprint density at radius 1 is 1.11 bits per heavy atom. The lowest BCUT2D eigenvalue weighted by Gasteiger charge is -2.26. The van der Waals surface area contributed by atoms with Crippen LogP contribution in [0.1, 0.15) is 61.7 Å². The fraction of sp³-hybridized carbons (Fsp3) is 0.625. The van der Waals surface area contributed by atoms with E-state index in [9.17, 15) is 5.11 Å². The fourth-order valence-corrected chi connectivity index (χ4v) is 2.95. The van der Waals surface area contributed by atoms with E-state index >= 15 is 0 Å². The number of aliphatic hydroxyl groups is 1. The molecule has 1 aliphatic heterocycles. The van der Waals surface area contributed by atoms with Gasteiger partial charge in [-0.1, -0.05) is 30.7 Å². The average molecular weight is 246 g/mol. The van der Waals surface area contributed by atoms with Crippen LogP contribution in [0.4, 0.5) is 0 Å². The summed E-state index contributed by atoms with van der Waals surface area (Å²) in [4.78, 5) is 0. The lowest BCUT2D eigenvalue weighted by atomic mass is 9.80. The van der Waals surface area contributed by atoms with Crippen LogP contribution in [0, 0.1) is 0 Å². The third kappa shape index (κ3) is 2.60. The second-order valence-electron chi connectivity index (χ2n) is 5.68. The summed E-state index contributed by atoms with van der Waals surface area (Å²) in [6.07, 6.45) is 6.89. The molecule has 0 bridgehead atoms. The van der Waals surface area contributed by atoms with Crippen molar-refractivity contribution in [2.45, 2.75) is 56.7 Å². The van der Waals surface area contributed by atoms with E-state index in [4.69, 9.17) is 4.74 Å². The normalized spacial score (nSPS) is 25.9. The van der Waals surface area contributed by atoms with Crippen LogP contribution in [0.25, 0.3) is 0 Å². The maximum absolute atomic E-state index is 10.2. The Morgan fingerprint density at radius 2 is 1.89 bits per heavy atom. The van der Waals surface area contributed by atoms with Crippen LogP contribution in [0.3, 0.4) is 0 Å². The number of benzene rings is 1. The summed E-state index contributed by atoms with van der Waals surface area (Å²) < 4.78 is 5.57. The highest BCUT2D eigenvalue weighted by Gasteiger charge is 2.22. The molecule has 2 atom stereocenters. The van der Waals surface area contributed by atoms with E-state index in [1.807, 2.05) is 0 Å². The zero-order valence-electron chi connectivity index (χ0n) is 10.8. The monoisotopic (exact) mass is 246 g/mol. The maximum atomic E-state index is 10.2. The smallest absolute Gasteiger partial charge is 0.0814 e. The van der Waals surface area contributed by atoms with E-state index in [0.717, 1.165) is 37.4 Å². The van der Waals surface area contributed by atoms with Gasteiger partial charge in [-0.15, -0.1) is 0 Å². The molecule has 98 valence electrons. The molecule has 1 saturated heterocycles. The van der Waals surface area contributed by atoms with E-state index in [-0.39, 0.29) is 12.2 Å². The highest BCUT2D eigenvalue weighted by Crippen LogP contribution is 2.36. The van der Waals surface area contributed by atoms with Crippen LogP contribution < -0.4 is 0 Å². The van der Waals surface area contributed by atoms with Gasteiger partial charge in [-0.3, -0.25) is 0 Å². The quantitative estimate of drug-likeness (QED) is 0.880. The van der Waals surface area contributed by atoms with Crippen molar-refractivity contribution in [1.82, 2.24) is 0 Å². The first-order valence-corrected chi connectivity index (χ1v) is 7.22. The molecule has 2 aliphatic rings. The Morgan fingerprint density at radius 3 is 2.44 bits per heavy atom. The molecule has 2 nitrogen and oxygen atoms in total. The highest BCUT2D eigenvalue weighted by atomic mass is 16.5. The molecule has 1 aromatic carbocycles. The maximum Gasteiger partial charge on any atom is 0.0814 e. The minimum Gasteiger partial charge on any atom is -0.388 e. The Hall–Kier alpha value is -0.860. The van der Waals surface area contributed by atoms with Gasteiger partial charge in [-0.25, -0.2) is 0 Å². The van der Waals surface area contributed by atoms with Crippen LogP contribution in [-0.2, 0) is 4.74 Å². The molecule has 1 aromatic rings. The van der Waals surface area contributed by atoms with Crippen molar-refractivity contribution in [3.63, 3.8) is 0 Å². The van der Waals surface area contributed by atoms with Crippen LogP contribution in [-0.4, -0.2) is 17.8 Å². The number of rotatable bonds is 4. The van der Waals surface area contributed by atoms with Gasteiger partial charge in [0.05, 0.1) is 12.2 Å². The zero-order chi connectivity index (χ0) is 12.4. The lowest BCUT2D eigenvalue weighted by molar-refractivity contribution is 0.0535. The van der Waals surface area contributed by atoms with Gasteiger partial charge in [-0.05, 0) is 42.7 Å². The van der Waals surface area contributed by atoms with Gasteiger partial charge in [0.1, 0.15) is 0 Å². The molecule has 0 spiro atoms. The predicted octanol–water partition coefficient (Wildman–Crippen LogP) is 3.56. The van der Waals surface area contributed by atoms with E-state index in [1.54, 1.807) is 0 Å². The van der Waals surface area contributed by atoms with Gasteiger partial charge in [0.25, 0.3) is 0 Å². The first-order chi connectivity index (χ1) is 8.83. The minimum atomic E-state index is -0.372. The first kappa shape index (κ1) is 12.2. The summed E-state index contributed by atoms with van der Waals surface area (Å²) in [6.45, 7) is 0.859. The molecule has 2 heteroatoms. The van der Waals surface area contributed by atoms with Gasteiger partial charge < -0.3 is 9.84 Å². The van der Waals surface area contributed by atoms with E-state index < -0.39 is 0 Å². The molecule has 1 aliphatic carbocycles. The second-order valence-corrected chi connectivity index (χ2v) is 5.68. The number of hydrogen-bond donors (Lipinski definition) is 1. The molecular formula is C16H22O2. The van der Waals surface area contributed by atoms with Gasteiger partial charge in [0.2, 0.25) is 0 Å². The van der Waals surface area contributed by atoms with E-state index in [2.05, 4.69) is 24.3 Å². The van der Waals surface area contributed by atoms with Crippen molar-refractivity contribution in [3.8, 4) is 0 Å². The molecule has 2 unspecified atom stereocenters. The summed E-state index contributed by atoms with van der Waals surface area (Å²) in [7, 11) is 0. The SMILES string of the molecule is OC(CC1CCCO1)c1ccc(C2CCC2)cc1.